The van der Waals surface area contributed by atoms with Gasteiger partial charge in [-0.05, 0) is 49.1 Å². The van der Waals surface area contributed by atoms with Crippen molar-refractivity contribution in [1.29, 1.82) is 0 Å². The van der Waals surface area contributed by atoms with Gasteiger partial charge in [0.15, 0.2) is 5.96 Å². The number of guanidine groups is 1. The minimum Gasteiger partial charge on any atom is -0.356 e. The lowest BCUT2D eigenvalue weighted by Crippen LogP contribution is -2.40. The van der Waals surface area contributed by atoms with E-state index in [1.54, 1.807) is 0 Å². The number of benzene rings is 2. The molecule has 0 atom stereocenters. The fraction of sp³-hybridized carbons (Fsp3) is 0.333. The van der Waals surface area contributed by atoms with Crippen molar-refractivity contribution < 1.29 is 4.79 Å². The van der Waals surface area contributed by atoms with Crippen LogP contribution in [0.15, 0.2) is 53.5 Å². The van der Waals surface area contributed by atoms with Crippen molar-refractivity contribution in [3.63, 3.8) is 0 Å². The van der Waals surface area contributed by atoms with Crippen LogP contribution in [-0.4, -0.2) is 31.5 Å². The number of hydrogen-bond acceptors (Lipinski definition) is 2. The molecule has 0 bridgehead atoms. The van der Waals surface area contributed by atoms with Crippen LogP contribution in [0.5, 0.6) is 0 Å². The quantitative estimate of drug-likeness (QED) is 0.643. The van der Waals surface area contributed by atoms with Gasteiger partial charge in [0.1, 0.15) is 0 Å². The fourth-order valence-electron chi connectivity index (χ4n) is 3.20. The summed E-state index contributed by atoms with van der Waals surface area (Å²) in [6, 6.07) is 16.5. The molecule has 0 radical (unpaired) electrons. The van der Waals surface area contributed by atoms with Gasteiger partial charge < -0.3 is 15.5 Å². The number of carbonyl (C=O) groups excluding carboxylic acids is 1. The smallest absolute Gasteiger partial charge is 0.221 e. The van der Waals surface area contributed by atoms with E-state index in [1.807, 2.05) is 24.3 Å². The second-order valence-corrected chi connectivity index (χ2v) is 6.39. The van der Waals surface area contributed by atoms with Gasteiger partial charge in [-0.3, -0.25) is 9.79 Å². The minimum atomic E-state index is -0.0523. The van der Waals surface area contributed by atoms with Crippen LogP contribution in [0, 0.1) is 0 Å². The van der Waals surface area contributed by atoms with Gasteiger partial charge in [0.05, 0.1) is 0 Å². The summed E-state index contributed by atoms with van der Waals surface area (Å²) < 4.78 is 0. The summed E-state index contributed by atoms with van der Waals surface area (Å²) in [4.78, 5) is 18.2. The zero-order chi connectivity index (χ0) is 18.4. The Morgan fingerprint density at radius 1 is 1.15 bits per heavy atom. The normalized spacial score (nSPS) is 13.5. The molecule has 0 aliphatic carbocycles. The fourth-order valence-corrected chi connectivity index (χ4v) is 3.20. The van der Waals surface area contributed by atoms with Gasteiger partial charge in [-0.1, -0.05) is 30.3 Å². The summed E-state index contributed by atoms with van der Waals surface area (Å²) in [5.74, 6) is 0.899. The maximum atomic E-state index is 11.1. The standard InChI is InChI=1S/C21H26N4O/c1-3-22-21(25-15-13-18-6-4-5-7-20(18)25)23-14-12-17-8-10-19(11-9-17)24-16(2)26/h4-11H,3,12-15H2,1-2H3,(H,22,23)(H,24,26). The largest absolute Gasteiger partial charge is 0.356 e. The van der Waals surface area contributed by atoms with Crippen molar-refractivity contribution in [1.82, 2.24) is 5.32 Å². The molecule has 2 N–H and O–H groups in total. The highest BCUT2D eigenvalue weighted by atomic mass is 16.1. The van der Waals surface area contributed by atoms with Crippen LogP contribution in [0.25, 0.3) is 0 Å². The van der Waals surface area contributed by atoms with Crippen LogP contribution >= 0.6 is 0 Å². The molecule has 5 heteroatoms. The van der Waals surface area contributed by atoms with Crippen molar-refractivity contribution >= 4 is 23.2 Å². The van der Waals surface area contributed by atoms with Gasteiger partial charge in [-0.2, -0.15) is 0 Å². The third-order valence-corrected chi connectivity index (χ3v) is 4.41. The van der Waals surface area contributed by atoms with E-state index in [-0.39, 0.29) is 5.91 Å². The molecule has 0 unspecified atom stereocenters. The molecule has 1 heterocycles. The third-order valence-electron chi connectivity index (χ3n) is 4.41. The van der Waals surface area contributed by atoms with Crippen LogP contribution < -0.4 is 15.5 Å². The van der Waals surface area contributed by atoms with E-state index < -0.39 is 0 Å². The van der Waals surface area contributed by atoms with Gasteiger partial charge in [0.2, 0.25) is 5.91 Å². The lowest BCUT2D eigenvalue weighted by atomic mass is 10.1. The summed E-state index contributed by atoms with van der Waals surface area (Å²) in [6.45, 7) is 6.15. The molecule has 0 fully saturated rings. The van der Waals surface area contributed by atoms with Crippen LogP contribution in [0.3, 0.4) is 0 Å². The molecule has 1 aliphatic rings. The van der Waals surface area contributed by atoms with Crippen molar-refractivity contribution in [3.05, 3.63) is 59.7 Å². The number of para-hydroxylation sites is 1. The van der Waals surface area contributed by atoms with Crippen molar-refractivity contribution in [2.75, 3.05) is 29.9 Å². The molecule has 1 aliphatic heterocycles. The Hall–Kier alpha value is -2.82. The number of fused-ring (bicyclic) bond motifs is 1. The van der Waals surface area contributed by atoms with Crippen LogP contribution in [0.4, 0.5) is 11.4 Å². The van der Waals surface area contributed by atoms with E-state index in [2.05, 4.69) is 46.7 Å². The minimum absolute atomic E-state index is 0.0523. The van der Waals surface area contributed by atoms with Crippen molar-refractivity contribution in [3.8, 4) is 0 Å². The maximum absolute atomic E-state index is 11.1. The highest BCUT2D eigenvalue weighted by molar-refractivity contribution is 5.98. The number of rotatable bonds is 5. The lowest BCUT2D eigenvalue weighted by Gasteiger charge is -2.22. The first kappa shape index (κ1) is 18.0. The Morgan fingerprint density at radius 2 is 1.92 bits per heavy atom. The van der Waals surface area contributed by atoms with Crippen molar-refractivity contribution in [2.45, 2.75) is 26.7 Å². The Bertz CT molecular complexity index is 783. The molecule has 2 aromatic rings. The zero-order valence-corrected chi connectivity index (χ0v) is 15.5. The Kier molecular flexibility index (Phi) is 5.89. The molecule has 0 saturated carbocycles. The summed E-state index contributed by atoms with van der Waals surface area (Å²) in [5, 5.41) is 6.20. The van der Waals surface area contributed by atoms with Crippen LogP contribution in [0.2, 0.25) is 0 Å². The molecule has 1 amide bonds. The molecule has 26 heavy (non-hydrogen) atoms. The molecule has 2 aromatic carbocycles. The van der Waals surface area contributed by atoms with E-state index >= 15 is 0 Å². The first-order valence-corrected chi connectivity index (χ1v) is 9.17. The zero-order valence-electron chi connectivity index (χ0n) is 15.5. The number of nitrogens with one attached hydrogen (secondary N) is 2. The highest BCUT2D eigenvalue weighted by Crippen LogP contribution is 2.27. The number of amides is 1. The second-order valence-electron chi connectivity index (χ2n) is 6.39. The summed E-state index contributed by atoms with van der Waals surface area (Å²) in [7, 11) is 0. The van der Waals surface area contributed by atoms with Crippen LogP contribution in [0.1, 0.15) is 25.0 Å². The SMILES string of the molecule is CCNC(=NCCc1ccc(NC(C)=O)cc1)N1CCc2ccccc21. The van der Waals surface area contributed by atoms with Gasteiger partial charge in [-0.25, -0.2) is 0 Å². The predicted molar refractivity (Wildman–Crippen MR) is 108 cm³/mol. The van der Waals surface area contributed by atoms with E-state index in [1.165, 1.54) is 23.7 Å². The molecular weight excluding hydrogens is 324 g/mol. The Morgan fingerprint density at radius 3 is 2.65 bits per heavy atom. The Labute approximate surface area is 155 Å². The van der Waals surface area contributed by atoms with Gasteiger partial charge >= 0.3 is 0 Å². The summed E-state index contributed by atoms with van der Waals surface area (Å²) >= 11 is 0. The summed E-state index contributed by atoms with van der Waals surface area (Å²) in [5.41, 5.74) is 4.67. The van der Waals surface area contributed by atoms with Crippen LogP contribution in [-0.2, 0) is 17.6 Å². The summed E-state index contributed by atoms with van der Waals surface area (Å²) in [6.07, 6.45) is 1.93. The average molecular weight is 350 g/mol. The number of aliphatic imine (C=N–C) groups is 1. The highest BCUT2D eigenvalue weighted by Gasteiger charge is 2.22. The number of carbonyl (C=O) groups is 1. The molecule has 0 saturated heterocycles. The maximum Gasteiger partial charge on any atom is 0.221 e. The monoisotopic (exact) mass is 350 g/mol. The predicted octanol–water partition coefficient (Wildman–Crippen LogP) is 3.22. The van der Waals surface area contributed by atoms with E-state index in [0.29, 0.717) is 0 Å². The molecular formula is C21H26N4O. The van der Waals surface area contributed by atoms with E-state index in [9.17, 15) is 4.79 Å². The number of hydrogen-bond donors (Lipinski definition) is 2. The molecule has 3 rings (SSSR count). The molecule has 0 spiro atoms. The third kappa shape index (κ3) is 4.42. The average Bonchev–Trinajstić information content (AvgIpc) is 3.06. The van der Waals surface area contributed by atoms with Gasteiger partial charge in [0.25, 0.3) is 0 Å². The second kappa shape index (κ2) is 8.52. The lowest BCUT2D eigenvalue weighted by molar-refractivity contribution is -0.114. The first-order valence-electron chi connectivity index (χ1n) is 9.17. The first-order chi connectivity index (χ1) is 12.7. The number of nitrogens with zero attached hydrogens (tertiary/aromatic N) is 2. The van der Waals surface area contributed by atoms with E-state index in [0.717, 1.165) is 44.1 Å². The van der Waals surface area contributed by atoms with E-state index in [4.69, 9.17) is 4.99 Å². The molecule has 5 nitrogen and oxygen atoms in total. The molecule has 0 aromatic heterocycles. The Balaban J connectivity index is 1.64. The topological polar surface area (TPSA) is 56.7 Å². The van der Waals surface area contributed by atoms with Gasteiger partial charge in [0, 0.05) is 37.9 Å². The number of anilines is 2. The molecule has 136 valence electrons. The van der Waals surface area contributed by atoms with Gasteiger partial charge in [-0.15, -0.1) is 0 Å². The van der Waals surface area contributed by atoms with Crippen molar-refractivity contribution in [2.24, 2.45) is 4.99 Å².